The number of ether oxygens (including phenoxy) is 1. The third-order valence-corrected chi connectivity index (χ3v) is 2.60. The first-order chi connectivity index (χ1) is 8.74. The van der Waals surface area contributed by atoms with Crippen molar-refractivity contribution in [2.75, 3.05) is 12.4 Å². The van der Waals surface area contributed by atoms with Gasteiger partial charge in [0.1, 0.15) is 11.5 Å². The minimum atomic E-state index is -0.0510. The van der Waals surface area contributed by atoms with E-state index in [0.717, 1.165) is 11.3 Å². The van der Waals surface area contributed by atoms with E-state index in [0.29, 0.717) is 17.9 Å². The zero-order valence-corrected chi connectivity index (χ0v) is 10.4. The zero-order valence-electron chi connectivity index (χ0n) is 10.4. The van der Waals surface area contributed by atoms with E-state index in [-0.39, 0.29) is 5.91 Å². The van der Waals surface area contributed by atoms with E-state index in [1.807, 2.05) is 30.3 Å². The monoisotopic (exact) mass is 245 g/mol. The number of carbonyl (C=O) groups is 1. The van der Waals surface area contributed by atoms with E-state index in [1.54, 1.807) is 20.3 Å². The molecule has 0 aliphatic carbocycles. The largest absolute Gasteiger partial charge is 0.495 e. The lowest BCUT2D eigenvalue weighted by molar-refractivity contribution is -0.115. The third-order valence-electron chi connectivity index (χ3n) is 2.60. The van der Waals surface area contributed by atoms with Crippen molar-refractivity contribution in [2.24, 2.45) is 0 Å². The number of methoxy groups -OCH3 is 1. The van der Waals surface area contributed by atoms with Crippen LogP contribution in [0.4, 0.5) is 5.69 Å². The van der Waals surface area contributed by atoms with Crippen molar-refractivity contribution in [1.29, 1.82) is 0 Å². The molecule has 1 aromatic carbocycles. The van der Waals surface area contributed by atoms with Gasteiger partial charge in [0.05, 0.1) is 19.1 Å². The van der Waals surface area contributed by atoms with Crippen molar-refractivity contribution in [1.82, 2.24) is 0 Å². The number of carbonyl (C=O) groups excluding carboxylic acids is 1. The molecule has 4 nitrogen and oxygen atoms in total. The van der Waals surface area contributed by atoms with Crippen LogP contribution in [-0.2, 0) is 4.79 Å². The molecule has 0 aliphatic rings. The summed E-state index contributed by atoms with van der Waals surface area (Å²) in [6.45, 7) is 1.80. The Morgan fingerprint density at radius 3 is 2.83 bits per heavy atom. The van der Waals surface area contributed by atoms with Crippen molar-refractivity contribution in [2.45, 2.75) is 13.3 Å². The number of amides is 1. The number of nitrogens with one attached hydrogen (secondary N) is 1. The van der Waals surface area contributed by atoms with Gasteiger partial charge in [0.25, 0.3) is 0 Å². The second-order valence-electron chi connectivity index (χ2n) is 3.79. The van der Waals surface area contributed by atoms with Crippen molar-refractivity contribution in [3.63, 3.8) is 0 Å². The van der Waals surface area contributed by atoms with Crippen molar-refractivity contribution < 1.29 is 13.9 Å². The minimum Gasteiger partial charge on any atom is -0.495 e. The highest BCUT2D eigenvalue weighted by molar-refractivity contribution is 5.92. The molecule has 4 heteroatoms. The summed E-state index contributed by atoms with van der Waals surface area (Å²) in [5.74, 6) is 1.33. The maximum Gasteiger partial charge on any atom is 0.224 e. The molecule has 94 valence electrons. The highest BCUT2D eigenvalue weighted by atomic mass is 16.5. The summed E-state index contributed by atoms with van der Waals surface area (Å²) in [7, 11) is 1.57. The molecule has 1 N–H and O–H groups in total. The van der Waals surface area contributed by atoms with Crippen molar-refractivity contribution in [3.05, 3.63) is 36.6 Å². The molecule has 0 unspecified atom stereocenters. The number of hydrogen-bond acceptors (Lipinski definition) is 3. The number of benzene rings is 1. The Morgan fingerprint density at radius 2 is 2.22 bits per heavy atom. The predicted molar refractivity (Wildman–Crippen MR) is 69.6 cm³/mol. The van der Waals surface area contributed by atoms with Gasteiger partial charge in [-0.25, -0.2) is 0 Å². The Bertz CT molecular complexity index is 532. The van der Waals surface area contributed by atoms with Crippen LogP contribution in [0.2, 0.25) is 0 Å². The average Bonchev–Trinajstić information content (AvgIpc) is 2.92. The topological polar surface area (TPSA) is 51.5 Å². The molecule has 1 aromatic heterocycles. The van der Waals surface area contributed by atoms with Crippen LogP contribution >= 0.6 is 0 Å². The van der Waals surface area contributed by atoms with E-state index in [1.165, 1.54) is 0 Å². The maximum absolute atomic E-state index is 11.5. The van der Waals surface area contributed by atoms with Gasteiger partial charge in [-0.3, -0.25) is 4.79 Å². The van der Waals surface area contributed by atoms with E-state index in [9.17, 15) is 4.79 Å². The van der Waals surface area contributed by atoms with Crippen molar-refractivity contribution in [3.8, 4) is 17.1 Å². The first-order valence-corrected chi connectivity index (χ1v) is 5.76. The van der Waals surface area contributed by atoms with Crippen LogP contribution < -0.4 is 10.1 Å². The normalized spacial score (nSPS) is 10.1. The number of anilines is 1. The highest BCUT2D eigenvalue weighted by Gasteiger charge is 2.09. The first-order valence-electron chi connectivity index (χ1n) is 5.76. The van der Waals surface area contributed by atoms with Crippen LogP contribution in [0.5, 0.6) is 5.75 Å². The number of hydrogen-bond donors (Lipinski definition) is 1. The predicted octanol–water partition coefficient (Wildman–Crippen LogP) is 3.30. The van der Waals surface area contributed by atoms with Crippen molar-refractivity contribution >= 4 is 11.6 Å². The molecule has 0 radical (unpaired) electrons. The Kier molecular flexibility index (Phi) is 3.67. The summed E-state index contributed by atoms with van der Waals surface area (Å²) in [5, 5.41) is 2.81. The molecule has 0 fully saturated rings. The van der Waals surface area contributed by atoms with Crippen LogP contribution in [0.1, 0.15) is 13.3 Å². The van der Waals surface area contributed by atoms with Gasteiger partial charge >= 0.3 is 0 Å². The van der Waals surface area contributed by atoms with Crippen LogP contribution in [0.25, 0.3) is 11.3 Å². The standard InChI is InChI=1S/C14H15NO3/c1-3-14(16)15-11-9-10(6-7-13(11)17-2)12-5-4-8-18-12/h4-9H,3H2,1-2H3,(H,15,16). The molecule has 1 amide bonds. The second kappa shape index (κ2) is 5.40. The van der Waals surface area contributed by atoms with E-state index in [2.05, 4.69) is 5.32 Å². The molecular weight excluding hydrogens is 230 g/mol. The Hall–Kier alpha value is -2.23. The average molecular weight is 245 g/mol. The van der Waals surface area contributed by atoms with Crippen LogP contribution in [0.3, 0.4) is 0 Å². The molecule has 2 rings (SSSR count). The lowest BCUT2D eigenvalue weighted by Gasteiger charge is -2.10. The van der Waals surface area contributed by atoms with Gasteiger partial charge in [0, 0.05) is 12.0 Å². The molecule has 0 saturated heterocycles. The summed E-state index contributed by atoms with van der Waals surface area (Å²) >= 11 is 0. The third kappa shape index (κ3) is 2.53. The Morgan fingerprint density at radius 1 is 1.39 bits per heavy atom. The molecule has 0 spiro atoms. The van der Waals surface area contributed by atoms with Gasteiger partial charge in [0.15, 0.2) is 0 Å². The highest BCUT2D eigenvalue weighted by Crippen LogP contribution is 2.30. The fraction of sp³-hybridized carbons (Fsp3) is 0.214. The smallest absolute Gasteiger partial charge is 0.224 e. The van der Waals surface area contributed by atoms with E-state index >= 15 is 0 Å². The second-order valence-corrected chi connectivity index (χ2v) is 3.79. The molecule has 0 aliphatic heterocycles. The molecule has 2 aromatic rings. The van der Waals surface area contributed by atoms with Gasteiger partial charge in [-0.15, -0.1) is 0 Å². The van der Waals surface area contributed by atoms with Gasteiger partial charge in [-0.1, -0.05) is 6.92 Å². The summed E-state index contributed by atoms with van der Waals surface area (Å²) in [4.78, 5) is 11.5. The SMILES string of the molecule is CCC(=O)Nc1cc(-c2ccco2)ccc1OC. The molecule has 0 saturated carbocycles. The summed E-state index contributed by atoms with van der Waals surface area (Å²) in [5.41, 5.74) is 1.55. The quantitative estimate of drug-likeness (QED) is 0.899. The Balaban J connectivity index is 2.36. The Labute approximate surface area is 106 Å². The fourth-order valence-electron chi connectivity index (χ4n) is 1.64. The van der Waals surface area contributed by atoms with E-state index < -0.39 is 0 Å². The molecule has 0 atom stereocenters. The number of rotatable bonds is 4. The lowest BCUT2D eigenvalue weighted by atomic mass is 10.1. The summed E-state index contributed by atoms with van der Waals surface area (Å²) < 4.78 is 10.5. The maximum atomic E-state index is 11.5. The van der Waals surface area contributed by atoms with Crippen LogP contribution in [0.15, 0.2) is 41.0 Å². The molecule has 0 bridgehead atoms. The van der Waals surface area contributed by atoms with Crippen LogP contribution in [0, 0.1) is 0 Å². The number of furan rings is 1. The first kappa shape index (κ1) is 12.2. The fourth-order valence-corrected chi connectivity index (χ4v) is 1.64. The minimum absolute atomic E-state index is 0.0510. The summed E-state index contributed by atoms with van der Waals surface area (Å²) in [6, 6.07) is 9.23. The zero-order chi connectivity index (χ0) is 13.0. The van der Waals surface area contributed by atoms with Gasteiger partial charge in [-0.2, -0.15) is 0 Å². The van der Waals surface area contributed by atoms with Gasteiger partial charge < -0.3 is 14.5 Å². The molecule has 18 heavy (non-hydrogen) atoms. The summed E-state index contributed by atoms with van der Waals surface area (Å²) in [6.07, 6.45) is 2.04. The van der Waals surface area contributed by atoms with E-state index in [4.69, 9.17) is 9.15 Å². The van der Waals surface area contributed by atoms with Gasteiger partial charge in [0.2, 0.25) is 5.91 Å². The van der Waals surface area contributed by atoms with Gasteiger partial charge in [-0.05, 0) is 30.3 Å². The lowest BCUT2D eigenvalue weighted by Crippen LogP contribution is -2.10. The molecule has 1 heterocycles. The van der Waals surface area contributed by atoms with Crippen LogP contribution in [-0.4, -0.2) is 13.0 Å². The molecular formula is C14H15NO3.